The first-order chi connectivity index (χ1) is 7.67. The molecular formula is C11H15BrFNO2. The van der Waals surface area contributed by atoms with Crippen LogP contribution in [0.1, 0.15) is 0 Å². The van der Waals surface area contributed by atoms with Crippen molar-refractivity contribution >= 4 is 15.9 Å². The second kappa shape index (κ2) is 6.83. The van der Waals surface area contributed by atoms with Crippen LogP contribution in [0, 0.1) is 5.82 Å². The topological polar surface area (TPSA) is 30.5 Å². The van der Waals surface area contributed by atoms with Crippen molar-refractivity contribution in [3.63, 3.8) is 0 Å². The van der Waals surface area contributed by atoms with Gasteiger partial charge in [0.1, 0.15) is 6.10 Å². The summed E-state index contributed by atoms with van der Waals surface area (Å²) in [7, 11) is 3.40. The number of nitrogens with one attached hydrogen (secondary N) is 1. The van der Waals surface area contributed by atoms with Crippen molar-refractivity contribution in [2.45, 2.75) is 6.10 Å². The Kier molecular flexibility index (Phi) is 5.73. The van der Waals surface area contributed by atoms with E-state index >= 15 is 0 Å². The minimum Gasteiger partial charge on any atom is -0.484 e. The van der Waals surface area contributed by atoms with Crippen molar-refractivity contribution in [3.8, 4) is 5.75 Å². The molecule has 1 N–H and O–H groups in total. The minimum absolute atomic E-state index is 0.203. The van der Waals surface area contributed by atoms with Gasteiger partial charge < -0.3 is 14.8 Å². The zero-order valence-corrected chi connectivity index (χ0v) is 10.9. The van der Waals surface area contributed by atoms with Gasteiger partial charge in [0.05, 0.1) is 6.61 Å². The largest absolute Gasteiger partial charge is 0.484 e. The number of likely N-dealkylation sites (N-methyl/N-ethyl adjacent to an activating group) is 1. The van der Waals surface area contributed by atoms with E-state index in [1.807, 2.05) is 7.05 Å². The highest BCUT2D eigenvalue weighted by molar-refractivity contribution is 9.10. The van der Waals surface area contributed by atoms with E-state index in [0.29, 0.717) is 17.6 Å². The van der Waals surface area contributed by atoms with Crippen LogP contribution in [0.5, 0.6) is 5.75 Å². The van der Waals surface area contributed by atoms with E-state index in [1.165, 1.54) is 6.07 Å². The molecule has 0 amide bonds. The van der Waals surface area contributed by atoms with Crippen LogP contribution in [0.2, 0.25) is 0 Å². The van der Waals surface area contributed by atoms with Gasteiger partial charge in [0.25, 0.3) is 0 Å². The predicted octanol–water partition coefficient (Wildman–Crippen LogP) is 2.20. The highest BCUT2D eigenvalue weighted by atomic mass is 79.9. The van der Waals surface area contributed by atoms with Gasteiger partial charge in [-0.2, -0.15) is 0 Å². The maximum Gasteiger partial charge on any atom is 0.166 e. The zero-order chi connectivity index (χ0) is 12.0. The molecule has 3 nitrogen and oxygen atoms in total. The Morgan fingerprint density at radius 1 is 1.50 bits per heavy atom. The molecule has 0 aliphatic heterocycles. The molecule has 1 atom stereocenters. The lowest BCUT2D eigenvalue weighted by molar-refractivity contribution is 0.0791. The quantitative estimate of drug-likeness (QED) is 0.872. The van der Waals surface area contributed by atoms with Gasteiger partial charge in [-0.05, 0) is 25.2 Å². The summed E-state index contributed by atoms with van der Waals surface area (Å²) >= 11 is 3.19. The number of rotatable bonds is 6. The number of methoxy groups -OCH3 is 1. The van der Waals surface area contributed by atoms with E-state index in [2.05, 4.69) is 21.2 Å². The van der Waals surface area contributed by atoms with E-state index in [4.69, 9.17) is 9.47 Å². The highest BCUT2D eigenvalue weighted by Crippen LogP contribution is 2.22. The van der Waals surface area contributed by atoms with Gasteiger partial charge in [0.15, 0.2) is 11.6 Å². The van der Waals surface area contributed by atoms with Crippen molar-refractivity contribution in [2.24, 2.45) is 0 Å². The maximum absolute atomic E-state index is 13.5. The van der Waals surface area contributed by atoms with E-state index in [-0.39, 0.29) is 17.7 Å². The number of benzene rings is 1. The Hall–Kier alpha value is -0.650. The molecule has 0 saturated heterocycles. The third-order valence-corrected chi connectivity index (χ3v) is 2.47. The molecule has 0 heterocycles. The van der Waals surface area contributed by atoms with Gasteiger partial charge in [-0.15, -0.1) is 0 Å². The summed E-state index contributed by atoms with van der Waals surface area (Å²) in [5.41, 5.74) is 0. The highest BCUT2D eigenvalue weighted by Gasteiger charge is 2.12. The average molecular weight is 292 g/mol. The van der Waals surface area contributed by atoms with Crippen LogP contribution in [-0.4, -0.2) is 33.4 Å². The third-order valence-electron chi connectivity index (χ3n) is 1.97. The SMILES string of the molecule is CNCC(COC)Oc1ccc(Br)cc1F. The van der Waals surface area contributed by atoms with Gasteiger partial charge in [0.2, 0.25) is 0 Å². The molecule has 16 heavy (non-hydrogen) atoms. The Morgan fingerprint density at radius 3 is 2.81 bits per heavy atom. The number of ether oxygens (including phenoxy) is 2. The molecule has 1 aromatic rings. The van der Waals surface area contributed by atoms with E-state index in [0.717, 1.165) is 0 Å². The van der Waals surface area contributed by atoms with E-state index in [9.17, 15) is 4.39 Å². The number of halogens is 2. The molecule has 0 aliphatic carbocycles. The molecule has 90 valence electrons. The van der Waals surface area contributed by atoms with E-state index < -0.39 is 0 Å². The minimum atomic E-state index is -0.383. The number of hydrogen-bond acceptors (Lipinski definition) is 3. The summed E-state index contributed by atoms with van der Waals surface area (Å²) in [4.78, 5) is 0. The fourth-order valence-electron chi connectivity index (χ4n) is 1.30. The van der Waals surface area contributed by atoms with Gasteiger partial charge in [-0.3, -0.25) is 0 Å². The molecule has 0 spiro atoms. The lowest BCUT2D eigenvalue weighted by atomic mass is 10.3. The maximum atomic E-state index is 13.5. The van der Waals surface area contributed by atoms with Crippen LogP contribution in [0.3, 0.4) is 0 Å². The molecular weight excluding hydrogens is 277 g/mol. The standard InChI is InChI=1S/C11H15BrFNO2/c1-14-6-9(7-15-2)16-11-4-3-8(12)5-10(11)13/h3-5,9,14H,6-7H2,1-2H3. The van der Waals surface area contributed by atoms with Crippen molar-refractivity contribution in [3.05, 3.63) is 28.5 Å². The lowest BCUT2D eigenvalue weighted by Gasteiger charge is -2.18. The molecule has 0 fully saturated rings. The van der Waals surface area contributed by atoms with Crippen LogP contribution in [-0.2, 0) is 4.74 Å². The van der Waals surface area contributed by atoms with Crippen molar-refractivity contribution in [1.82, 2.24) is 5.32 Å². The second-order valence-corrected chi connectivity index (χ2v) is 4.24. The van der Waals surface area contributed by atoms with E-state index in [1.54, 1.807) is 19.2 Å². The third kappa shape index (κ3) is 4.08. The smallest absolute Gasteiger partial charge is 0.166 e. The fraction of sp³-hybridized carbons (Fsp3) is 0.455. The first-order valence-corrected chi connectivity index (χ1v) is 5.72. The molecule has 0 aromatic heterocycles. The summed E-state index contributed by atoms with van der Waals surface area (Å²) in [6.45, 7) is 1.01. The molecule has 5 heteroatoms. The lowest BCUT2D eigenvalue weighted by Crippen LogP contribution is -2.33. The summed E-state index contributed by atoms with van der Waals surface area (Å²) in [6, 6.07) is 4.71. The molecule has 1 unspecified atom stereocenters. The van der Waals surface area contributed by atoms with Crippen LogP contribution >= 0.6 is 15.9 Å². The predicted molar refractivity (Wildman–Crippen MR) is 64.3 cm³/mol. The van der Waals surface area contributed by atoms with Crippen LogP contribution < -0.4 is 10.1 Å². The first kappa shape index (κ1) is 13.4. The second-order valence-electron chi connectivity index (χ2n) is 3.33. The Balaban J connectivity index is 2.68. The van der Waals surface area contributed by atoms with Crippen molar-refractivity contribution in [1.29, 1.82) is 0 Å². The molecule has 0 radical (unpaired) electrons. The Morgan fingerprint density at radius 2 is 2.25 bits per heavy atom. The van der Waals surface area contributed by atoms with Gasteiger partial charge in [-0.1, -0.05) is 15.9 Å². The van der Waals surface area contributed by atoms with Crippen molar-refractivity contribution < 1.29 is 13.9 Å². The van der Waals surface area contributed by atoms with Crippen LogP contribution in [0.25, 0.3) is 0 Å². The molecule has 1 aromatic carbocycles. The fourth-order valence-corrected chi connectivity index (χ4v) is 1.63. The summed E-state index contributed by atoms with van der Waals surface area (Å²) in [5, 5.41) is 2.97. The van der Waals surface area contributed by atoms with Gasteiger partial charge in [-0.25, -0.2) is 4.39 Å². The molecule has 0 bridgehead atoms. The number of hydrogen-bond donors (Lipinski definition) is 1. The first-order valence-electron chi connectivity index (χ1n) is 4.92. The monoisotopic (exact) mass is 291 g/mol. The summed E-state index contributed by atoms with van der Waals surface area (Å²) < 4.78 is 24.7. The molecule has 0 aliphatic rings. The normalized spacial score (nSPS) is 12.5. The summed E-state index contributed by atoms with van der Waals surface area (Å²) in [5.74, 6) is -0.146. The average Bonchev–Trinajstić information content (AvgIpc) is 2.23. The molecule has 1 rings (SSSR count). The molecule has 0 saturated carbocycles. The Labute approximate surface area is 103 Å². The van der Waals surface area contributed by atoms with Crippen LogP contribution in [0.4, 0.5) is 4.39 Å². The van der Waals surface area contributed by atoms with Gasteiger partial charge >= 0.3 is 0 Å². The van der Waals surface area contributed by atoms with Crippen molar-refractivity contribution in [2.75, 3.05) is 27.3 Å². The van der Waals surface area contributed by atoms with Crippen LogP contribution in [0.15, 0.2) is 22.7 Å². The van der Waals surface area contributed by atoms with Gasteiger partial charge in [0, 0.05) is 18.1 Å². The zero-order valence-electron chi connectivity index (χ0n) is 9.30. The summed E-state index contributed by atoms with van der Waals surface area (Å²) in [6.07, 6.45) is -0.203. The Bertz CT molecular complexity index is 330.